The van der Waals surface area contributed by atoms with E-state index in [2.05, 4.69) is 27.7 Å². The lowest BCUT2D eigenvalue weighted by molar-refractivity contribution is -0.161. The molecule has 0 spiro atoms. The van der Waals surface area contributed by atoms with Gasteiger partial charge in [0.15, 0.2) is 12.2 Å². The molecule has 0 bridgehead atoms. The predicted molar refractivity (Wildman–Crippen MR) is 382 cm³/mol. The molecular weight excluding hydrogens is 1230 g/mol. The lowest BCUT2D eigenvalue weighted by atomic mass is 10.0. The van der Waals surface area contributed by atoms with Gasteiger partial charge in [0.2, 0.25) is 0 Å². The van der Waals surface area contributed by atoms with Crippen molar-refractivity contribution in [3.05, 3.63) is 0 Å². The molecule has 0 rings (SSSR count). The number of hydrogen-bond donors (Lipinski definition) is 3. The van der Waals surface area contributed by atoms with E-state index in [1.54, 1.807) is 0 Å². The summed E-state index contributed by atoms with van der Waals surface area (Å²) in [4.78, 5) is 72.7. The van der Waals surface area contributed by atoms with E-state index >= 15 is 0 Å². The monoisotopic (exact) mass is 1380 g/mol. The van der Waals surface area contributed by atoms with Crippen LogP contribution in [0.1, 0.15) is 400 Å². The number of ether oxygens (including phenoxy) is 4. The summed E-state index contributed by atoms with van der Waals surface area (Å²) in [6, 6.07) is 0. The van der Waals surface area contributed by atoms with Crippen molar-refractivity contribution in [3.8, 4) is 0 Å². The molecule has 0 aromatic carbocycles. The minimum atomic E-state index is -4.95. The number of esters is 4. The third-order valence-electron chi connectivity index (χ3n) is 17.6. The second kappa shape index (κ2) is 69.5. The maximum absolute atomic E-state index is 13.1. The summed E-state index contributed by atoms with van der Waals surface area (Å²) in [6.45, 7) is 4.96. The molecule has 0 radical (unpaired) electrons. The highest BCUT2D eigenvalue weighted by Crippen LogP contribution is 2.45. The molecule has 17 nitrogen and oxygen atoms in total. The average Bonchev–Trinajstić information content (AvgIpc) is 1.67. The van der Waals surface area contributed by atoms with Gasteiger partial charge in [0.25, 0.3) is 0 Å². The molecule has 94 heavy (non-hydrogen) atoms. The van der Waals surface area contributed by atoms with Crippen LogP contribution in [0.3, 0.4) is 0 Å². The summed E-state index contributed by atoms with van der Waals surface area (Å²) in [7, 11) is -9.90. The smallest absolute Gasteiger partial charge is 0.462 e. The summed E-state index contributed by atoms with van der Waals surface area (Å²) in [5, 5.41) is 10.6. The Morgan fingerprint density at radius 1 is 0.255 bits per heavy atom. The van der Waals surface area contributed by atoms with Gasteiger partial charge in [-0.05, 0) is 25.7 Å². The Bertz CT molecular complexity index is 1790. The Morgan fingerprint density at radius 3 is 0.628 bits per heavy atom. The van der Waals surface area contributed by atoms with Crippen molar-refractivity contribution in [2.45, 2.75) is 418 Å². The Kier molecular flexibility index (Phi) is 68.1. The highest BCUT2D eigenvalue weighted by Gasteiger charge is 2.30. The van der Waals surface area contributed by atoms with Gasteiger partial charge in [-0.25, -0.2) is 9.13 Å². The van der Waals surface area contributed by atoms with Gasteiger partial charge in [0.05, 0.1) is 26.4 Å². The zero-order valence-electron chi connectivity index (χ0n) is 60.9. The lowest BCUT2D eigenvalue weighted by Gasteiger charge is -2.21. The fourth-order valence-corrected chi connectivity index (χ4v) is 13.2. The quantitative estimate of drug-likeness (QED) is 0.0222. The Hall–Kier alpha value is -1.94. The molecule has 0 saturated carbocycles. The van der Waals surface area contributed by atoms with Gasteiger partial charge in [-0.1, -0.05) is 349 Å². The van der Waals surface area contributed by atoms with E-state index in [1.165, 1.54) is 231 Å². The van der Waals surface area contributed by atoms with E-state index in [0.29, 0.717) is 25.7 Å². The molecule has 2 unspecified atom stereocenters. The molecule has 3 N–H and O–H groups in total. The fourth-order valence-electron chi connectivity index (χ4n) is 11.6. The number of phosphoric acid groups is 2. The molecule has 0 aromatic rings. The van der Waals surface area contributed by atoms with Gasteiger partial charge >= 0.3 is 39.5 Å². The van der Waals surface area contributed by atoms with Crippen LogP contribution in [-0.2, 0) is 65.4 Å². The molecule has 5 atom stereocenters. The van der Waals surface area contributed by atoms with E-state index in [4.69, 9.17) is 37.0 Å². The summed E-state index contributed by atoms with van der Waals surface area (Å²) in [5.41, 5.74) is 0. The van der Waals surface area contributed by atoms with Crippen LogP contribution >= 0.6 is 15.6 Å². The van der Waals surface area contributed by atoms with Crippen molar-refractivity contribution in [2.24, 2.45) is 0 Å². The van der Waals surface area contributed by atoms with Crippen LogP contribution in [0.4, 0.5) is 0 Å². The second-order valence-corrected chi connectivity index (χ2v) is 29.9. The zero-order valence-corrected chi connectivity index (χ0v) is 62.7. The van der Waals surface area contributed by atoms with Crippen LogP contribution < -0.4 is 0 Å². The highest BCUT2D eigenvalue weighted by molar-refractivity contribution is 7.47. The van der Waals surface area contributed by atoms with Crippen LogP contribution in [0, 0.1) is 0 Å². The Morgan fingerprint density at radius 2 is 0.426 bits per heavy atom. The van der Waals surface area contributed by atoms with Crippen molar-refractivity contribution in [1.82, 2.24) is 0 Å². The molecule has 0 heterocycles. The van der Waals surface area contributed by atoms with Gasteiger partial charge in [-0.3, -0.25) is 37.3 Å². The number of hydrogen-bond acceptors (Lipinski definition) is 15. The third-order valence-corrected chi connectivity index (χ3v) is 19.5. The average molecular weight is 1380 g/mol. The number of unbranched alkanes of at least 4 members (excludes halogenated alkanes) is 50. The number of phosphoric ester groups is 2. The van der Waals surface area contributed by atoms with Gasteiger partial charge in [0, 0.05) is 25.7 Å². The normalized spacial score (nSPS) is 13.9. The first-order valence-corrected chi connectivity index (χ1v) is 42.3. The van der Waals surface area contributed by atoms with Crippen molar-refractivity contribution in [3.63, 3.8) is 0 Å². The molecule has 0 aromatic heterocycles. The van der Waals surface area contributed by atoms with Gasteiger partial charge in [0.1, 0.15) is 19.3 Å². The van der Waals surface area contributed by atoms with E-state index in [0.717, 1.165) is 89.9 Å². The second-order valence-electron chi connectivity index (χ2n) is 27.0. The molecular formula is C75H146O17P2. The third kappa shape index (κ3) is 68.6. The summed E-state index contributed by atoms with van der Waals surface area (Å²) in [5.74, 6) is -2.11. The van der Waals surface area contributed by atoms with Crippen molar-refractivity contribution >= 4 is 39.5 Å². The molecule has 0 aliphatic heterocycles. The molecule has 0 aliphatic carbocycles. The van der Waals surface area contributed by atoms with Crippen LogP contribution in [0.15, 0.2) is 0 Å². The van der Waals surface area contributed by atoms with E-state index in [-0.39, 0.29) is 25.7 Å². The first-order valence-electron chi connectivity index (χ1n) is 39.3. The van der Waals surface area contributed by atoms with Gasteiger partial charge in [-0.2, -0.15) is 0 Å². The summed E-state index contributed by atoms with van der Waals surface area (Å²) < 4.78 is 68.4. The van der Waals surface area contributed by atoms with Crippen LogP contribution in [0.2, 0.25) is 0 Å². The molecule has 0 fully saturated rings. The standard InChI is InChI=1S/C75H146O17P2/c1-5-9-13-17-21-25-28-30-32-34-36-38-40-42-46-50-54-58-62-75(80)92-71(66-86-73(78)60-56-52-48-45-41-39-37-35-33-31-29-26-22-18-14-10-6-2)68-90-94(83,84)88-64-69(76)63-87-93(81,82)89-67-70(65-85-72(77)59-55-51-47-43-24-20-16-12-8-4)91-74(79)61-57-53-49-44-27-23-19-15-11-7-3/h69-71,76H,5-68H2,1-4H3,(H,81,82)(H,83,84)/t69-,70+,71+/m0/s1. The zero-order chi connectivity index (χ0) is 69.0. The predicted octanol–water partition coefficient (Wildman–Crippen LogP) is 22.2. The largest absolute Gasteiger partial charge is 0.472 e. The van der Waals surface area contributed by atoms with Crippen molar-refractivity contribution < 1.29 is 80.2 Å². The maximum Gasteiger partial charge on any atom is 0.472 e. The first-order chi connectivity index (χ1) is 45.7. The Labute approximate surface area is 575 Å². The van der Waals surface area contributed by atoms with Crippen molar-refractivity contribution in [1.29, 1.82) is 0 Å². The summed E-state index contributed by atoms with van der Waals surface area (Å²) >= 11 is 0. The maximum atomic E-state index is 13.1. The molecule has 558 valence electrons. The number of aliphatic hydroxyl groups is 1. The van der Waals surface area contributed by atoms with E-state index in [9.17, 15) is 43.2 Å². The fraction of sp³-hybridized carbons (Fsp3) is 0.947. The molecule has 0 saturated heterocycles. The van der Waals surface area contributed by atoms with Gasteiger partial charge < -0.3 is 33.8 Å². The highest BCUT2D eigenvalue weighted by atomic mass is 31.2. The van der Waals surface area contributed by atoms with Crippen LogP contribution in [0.5, 0.6) is 0 Å². The van der Waals surface area contributed by atoms with Gasteiger partial charge in [-0.15, -0.1) is 0 Å². The molecule has 0 amide bonds. The van der Waals surface area contributed by atoms with E-state index in [1.807, 2.05) is 0 Å². The minimum absolute atomic E-state index is 0.107. The molecule has 19 heteroatoms. The first kappa shape index (κ1) is 92.1. The molecule has 0 aliphatic rings. The lowest BCUT2D eigenvalue weighted by Crippen LogP contribution is -2.30. The summed E-state index contributed by atoms with van der Waals surface area (Å²) in [6.07, 6.45) is 59.7. The number of carbonyl (C=O) groups excluding carboxylic acids is 4. The number of aliphatic hydroxyl groups excluding tert-OH is 1. The number of carbonyl (C=O) groups is 4. The topological polar surface area (TPSA) is 237 Å². The minimum Gasteiger partial charge on any atom is -0.462 e. The van der Waals surface area contributed by atoms with E-state index < -0.39 is 97.5 Å². The SMILES string of the molecule is CCCCCCCCCCCCCCCCCCCCC(=O)O[C@H](COC(=O)CCCCCCCCCCCCCCCCCCC)COP(=O)(O)OC[C@@H](O)COP(=O)(O)OC[C@@H](COC(=O)CCCCCCCCCCC)OC(=O)CCCCCCCCCCCC. The van der Waals surface area contributed by atoms with Crippen LogP contribution in [0.25, 0.3) is 0 Å². The van der Waals surface area contributed by atoms with Crippen LogP contribution in [-0.4, -0.2) is 96.7 Å². The Balaban J connectivity index is 5.20. The number of rotatable bonds is 76. The van der Waals surface area contributed by atoms with Crippen molar-refractivity contribution in [2.75, 3.05) is 39.6 Å².